The molecule has 0 fully saturated rings. The summed E-state index contributed by atoms with van der Waals surface area (Å²) in [6.07, 6.45) is 0. The third-order valence-corrected chi connectivity index (χ3v) is 4.40. The molecule has 0 atom stereocenters. The first-order valence-corrected chi connectivity index (χ1v) is 9.06. The van der Waals surface area contributed by atoms with Crippen molar-refractivity contribution in [1.82, 2.24) is 14.9 Å². The number of amides is 1. The van der Waals surface area contributed by atoms with Gasteiger partial charge >= 0.3 is 0 Å². The highest BCUT2D eigenvalue weighted by Crippen LogP contribution is 2.34. The minimum atomic E-state index is -2.41. The number of nitrogens with one attached hydrogen (secondary N) is 1. The Bertz CT molecular complexity index is 1230. The molecule has 3 aromatic rings. The maximum atomic E-state index is 12.3. The van der Waals surface area contributed by atoms with Gasteiger partial charge in [0.1, 0.15) is 11.5 Å². The van der Waals surface area contributed by atoms with Crippen molar-refractivity contribution < 1.29 is 22.5 Å². The molecule has 1 aromatic heterocycles. The number of ether oxygens (including phenoxy) is 2. The average Bonchev–Trinajstić information content (AvgIpc) is 3.11. The topological polar surface area (TPSA) is 67.5 Å². The molecule has 1 amide bonds. The van der Waals surface area contributed by atoms with Gasteiger partial charge < -0.3 is 19.4 Å². The number of aromatic nitrogens is 2. The summed E-state index contributed by atoms with van der Waals surface area (Å²) in [6, 6.07) is 7.31. The molecule has 3 rings (SSSR count). The van der Waals surface area contributed by atoms with Gasteiger partial charge in [-0.2, -0.15) is 0 Å². The molecule has 0 bridgehead atoms. The molecular formula is C21H23N3O3S. The van der Waals surface area contributed by atoms with Gasteiger partial charge in [0.25, 0.3) is 0 Å². The number of benzene rings is 2. The van der Waals surface area contributed by atoms with Crippen molar-refractivity contribution >= 4 is 17.7 Å². The van der Waals surface area contributed by atoms with Crippen LogP contribution in [0.2, 0.25) is 1.41 Å². The molecule has 0 aliphatic heterocycles. The number of hydrogen-bond donors (Lipinski definition) is 1. The quantitative estimate of drug-likeness (QED) is 0.599. The third-order valence-electron chi connectivity index (χ3n) is 3.76. The van der Waals surface area contributed by atoms with E-state index in [2.05, 4.69) is 4.98 Å². The molecule has 1 heterocycles. The number of aromatic amines is 1. The Balaban J connectivity index is 2.27. The van der Waals surface area contributed by atoms with Crippen LogP contribution in [0.25, 0.3) is 22.5 Å². The molecule has 1 N–H and O–H groups in total. The smallest absolute Gasteiger partial charge is 0.232 e. The van der Waals surface area contributed by atoms with E-state index in [0.717, 1.165) is 9.88 Å². The molecular weight excluding hydrogens is 374 g/mol. The monoisotopic (exact) mass is 409 g/mol. The SMILES string of the molecule is [3H]c1cc(-c2c(-c3ccc(OC)cc3)nc(SC([3H])([3H])C(=O)N(C)C)n2[3H])c([3H])c([3H])c1OC. The first kappa shape index (κ1) is 13.3. The summed E-state index contributed by atoms with van der Waals surface area (Å²) >= 11 is 0.465. The molecule has 0 saturated heterocycles. The lowest BCUT2D eigenvalue weighted by atomic mass is 10.0. The first-order chi connectivity index (χ1) is 15.9. The van der Waals surface area contributed by atoms with E-state index < -0.39 is 11.6 Å². The fourth-order valence-electron chi connectivity index (χ4n) is 2.26. The Kier molecular flexibility index (Phi) is 4.19. The molecule has 0 unspecified atom stereocenters. The summed E-state index contributed by atoms with van der Waals surface area (Å²) in [5, 5.41) is -0.130. The zero-order valence-electron chi connectivity index (χ0n) is 21.9. The number of rotatable bonds is 7. The predicted molar refractivity (Wildman–Crippen MR) is 112 cm³/mol. The van der Waals surface area contributed by atoms with E-state index in [9.17, 15) is 4.79 Å². The Labute approximate surface area is 177 Å². The van der Waals surface area contributed by atoms with E-state index >= 15 is 0 Å². The average molecular weight is 410 g/mol. The highest BCUT2D eigenvalue weighted by Gasteiger charge is 2.16. The van der Waals surface area contributed by atoms with E-state index in [1.807, 2.05) is 0 Å². The summed E-state index contributed by atoms with van der Waals surface area (Å²) in [5.74, 6) is -0.287. The molecule has 7 heteroatoms. The maximum absolute atomic E-state index is 12.3. The number of imidazole rings is 1. The van der Waals surface area contributed by atoms with Gasteiger partial charge in [-0.1, -0.05) is 11.8 Å². The van der Waals surface area contributed by atoms with E-state index in [-0.39, 0.29) is 46.0 Å². The van der Waals surface area contributed by atoms with Crippen molar-refractivity contribution in [2.24, 2.45) is 0 Å². The highest BCUT2D eigenvalue weighted by atomic mass is 32.2. The van der Waals surface area contributed by atoms with Gasteiger partial charge in [0, 0.05) is 28.0 Å². The van der Waals surface area contributed by atoms with Crippen molar-refractivity contribution in [3.8, 4) is 34.0 Å². The van der Waals surface area contributed by atoms with Crippen molar-refractivity contribution in [3.63, 3.8) is 0 Å². The van der Waals surface area contributed by atoms with Crippen molar-refractivity contribution in [2.75, 3.05) is 34.0 Å². The standard InChI is InChI=1S/C21H23N3O3S/c1-24(2)18(25)13-28-21-22-19(14-5-9-16(26-3)10-6-14)20(23-21)15-7-11-17(27-4)12-8-15/h5-12H,13H2,1-4H3,(H,22,23)/i5T,9T,10T,13T2/hT. The number of hydrogen-bond acceptors (Lipinski definition) is 5. The van der Waals surface area contributed by atoms with Crippen molar-refractivity contribution in [1.29, 1.82) is 0 Å². The Morgan fingerprint density at radius 2 is 1.86 bits per heavy atom. The van der Waals surface area contributed by atoms with E-state index in [1.165, 1.54) is 34.4 Å². The summed E-state index contributed by atoms with van der Waals surface area (Å²) in [7, 11) is 5.68. The van der Waals surface area contributed by atoms with E-state index in [0.29, 0.717) is 23.1 Å². The minimum absolute atomic E-state index is 0.0710. The van der Waals surface area contributed by atoms with Gasteiger partial charge in [0.15, 0.2) is 6.57 Å². The zero-order chi connectivity index (χ0) is 25.4. The predicted octanol–water partition coefficient (Wildman–Crippen LogP) is 3.94. The second kappa shape index (κ2) is 8.84. The lowest BCUT2D eigenvalue weighted by Gasteiger charge is -2.08. The third kappa shape index (κ3) is 4.48. The summed E-state index contributed by atoms with van der Waals surface area (Å²) in [6.45, 7) is 0. The number of methoxy groups -OCH3 is 2. The molecule has 146 valence electrons. The van der Waals surface area contributed by atoms with Crippen LogP contribution in [0.15, 0.2) is 53.6 Å². The lowest BCUT2D eigenvalue weighted by Crippen LogP contribution is -2.23. The number of thioether (sulfide) groups is 1. The van der Waals surface area contributed by atoms with Crippen molar-refractivity contribution in [3.05, 3.63) is 48.5 Å². The van der Waals surface area contributed by atoms with Gasteiger partial charge in [0.2, 0.25) is 5.91 Å². The second-order valence-electron chi connectivity index (χ2n) is 5.82. The Hall–Kier alpha value is -2.93. The van der Waals surface area contributed by atoms with E-state index in [4.69, 9.17) is 17.7 Å². The molecule has 2 aromatic carbocycles. The number of nitrogens with zero attached hydrogens (tertiary/aromatic N) is 2. The molecule has 0 spiro atoms. The molecule has 0 aliphatic rings. The molecule has 6 nitrogen and oxygen atoms in total. The zero-order valence-corrected chi connectivity index (χ0v) is 16.7. The van der Waals surface area contributed by atoms with Crippen molar-refractivity contribution in [2.45, 2.75) is 5.16 Å². The number of carbonyl (C=O) groups is 1. The van der Waals surface area contributed by atoms with Gasteiger partial charge in [0.05, 0.1) is 35.4 Å². The van der Waals surface area contributed by atoms with Crippen LogP contribution >= 0.6 is 11.8 Å². The Morgan fingerprint density at radius 1 is 1.14 bits per heavy atom. The van der Waals surface area contributed by atoms with Crippen LogP contribution in [0.5, 0.6) is 11.5 Å². The largest absolute Gasteiger partial charge is 0.497 e. The number of carbonyl (C=O) groups excluding carboxylic acids is 1. The minimum Gasteiger partial charge on any atom is -0.497 e. The molecule has 0 radical (unpaired) electrons. The molecule has 28 heavy (non-hydrogen) atoms. The van der Waals surface area contributed by atoms with Crippen LogP contribution in [0.1, 0.15) is 6.85 Å². The van der Waals surface area contributed by atoms with Crippen LogP contribution in [0, 0.1) is 0 Å². The lowest BCUT2D eigenvalue weighted by molar-refractivity contribution is -0.125. The van der Waals surface area contributed by atoms with Crippen LogP contribution in [-0.2, 0) is 4.79 Å². The molecule has 0 saturated carbocycles. The summed E-state index contributed by atoms with van der Waals surface area (Å²) in [4.78, 5) is 18.7. The fraction of sp³-hybridized carbons (Fsp3) is 0.238. The first-order valence-electron chi connectivity index (χ1n) is 11.2. The highest BCUT2D eigenvalue weighted by molar-refractivity contribution is 7.99. The molecule has 0 aliphatic carbocycles. The maximum Gasteiger partial charge on any atom is 0.232 e. The summed E-state index contributed by atoms with van der Waals surface area (Å²) < 4.78 is 60.2. The van der Waals surface area contributed by atoms with Gasteiger partial charge in [-0.3, -0.25) is 4.79 Å². The normalized spacial score (nSPS) is 14.1. The van der Waals surface area contributed by atoms with E-state index in [1.54, 1.807) is 24.3 Å². The van der Waals surface area contributed by atoms with Crippen LogP contribution < -0.4 is 9.47 Å². The van der Waals surface area contributed by atoms with Gasteiger partial charge in [-0.05, 0) is 48.5 Å². The Morgan fingerprint density at radius 3 is 2.50 bits per heavy atom. The van der Waals surface area contributed by atoms with Crippen LogP contribution in [0.3, 0.4) is 0 Å². The fourth-order valence-corrected chi connectivity index (χ4v) is 2.89. The summed E-state index contributed by atoms with van der Waals surface area (Å²) in [5.41, 5.74) is -1.49. The van der Waals surface area contributed by atoms with Crippen LogP contribution in [0.4, 0.5) is 0 Å². The van der Waals surface area contributed by atoms with Crippen LogP contribution in [-0.4, -0.2) is 54.8 Å². The second-order valence-corrected chi connectivity index (χ2v) is 6.59. The van der Waals surface area contributed by atoms with Gasteiger partial charge in [-0.25, -0.2) is 4.98 Å². The van der Waals surface area contributed by atoms with Gasteiger partial charge in [-0.15, -0.1) is 0 Å². The number of H-pyrrole nitrogens is 1.